The lowest BCUT2D eigenvalue weighted by molar-refractivity contribution is 0.167. The van der Waals surface area contributed by atoms with Gasteiger partial charge in [0.15, 0.2) is 0 Å². The van der Waals surface area contributed by atoms with Crippen LogP contribution in [0.5, 0.6) is 0 Å². The Morgan fingerprint density at radius 2 is 1.94 bits per heavy atom. The van der Waals surface area contributed by atoms with Gasteiger partial charge in [-0.25, -0.2) is 0 Å². The first-order valence-electron chi connectivity index (χ1n) is 6.28. The van der Waals surface area contributed by atoms with Gasteiger partial charge in [0.2, 0.25) is 0 Å². The SMILES string of the molecule is CCCCCCCCC(O)c1cc(Cl)c(Br)s1. The van der Waals surface area contributed by atoms with Gasteiger partial charge in [0.1, 0.15) is 0 Å². The summed E-state index contributed by atoms with van der Waals surface area (Å²) in [6.45, 7) is 2.22. The summed E-state index contributed by atoms with van der Waals surface area (Å²) in [5, 5.41) is 10.7. The maximum Gasteiger partial charge on any atom is 0.0888 e. The van der Waals surface area contributed by atoms with Crippen molar-refractivity contribution in [1.29, 1.82) is 0 Å². The molecule has 0 saturated carbocycles. The standard InChI is InChI=1S/C13H20BrClOS/c1-2-3-4-5-6-7-8-11(16)12-9-10(15)13(14)17-12/h9,11,16H,2-8H2,1H3. The highest BCUT2D eigenvalue weighted by molar-refractivity contribution is 9.11. The zero-order chi connectivity index (χ0) is 12.7. The van der Waals surface area contributed by atoms with Crippen LogP contribution in [0.1, 0.15) is 62.9 Å². The minimum atomic E-state index is -0.352. The Morgan fingerprint density at radius 1 is 1.29 bits per heavy atom. The van der Waals surface area contributed by atoms with E-state index >= 15 is 0 Å². The number of aliphatic hydroxyl groups excluding tert-OH is 1. The molecular formula is C13H20BrClOS. The van der Waals surface area contributed by atoms with E-state index < -0.39 is 0 Å². The van der Waals surface area contributed by atoms with Gasteiger partial charge in [-0.2, -0.15) is 0 Å². The first-order chi connectivity index (χ1) is 8.15. The van der Waals surface area contributed by atoms with Crippen molar-refractivity contribution in [3.05, 3.63) is 19.8 Å². The average molecular weight is 340 g/mol. The molecule has 1 unspecified atom stereocenters. The number of halogens is 2. The molecule has 1 atom stereocenters. The van der Waals surface area contributed by atoms with E-state index in [-0.39, 0.29) is 6.10 Å². The summed E-state index contributed by atoms with van der Waals surface area (Å²) in [5.41, 5.74) is 0. The minimum absolute atomic E-state index is 0.352. The average Bonchev–Trinajstić information content (AvgIpc) is 2.64. The molecule has 0 amide bonds. The van der Waals surface area contributed by atoms with Crippen molar-refractivity contribution in [1.82, 2.24) is 0 Å². The van der Waals surface area contributed by atoms with Gasteiger partial charge in [0.05, 0.1) is 14.9 Å². The van der Waals surface area contributed by atoms with Gasteiger partial charge >= 0.3 is 0 Å². The molecule has 4 heteroatoms. The fourth-order valence-electron chi connectivity index (χ4n) is 1.79. The van der Waals surface area contributed by atoms with Crippen molar-refractivity contribution in [3.8, 4) is 0 Å². The number of unbranched alkanes of at least 4 members (excludes halogenated alkanes) is 5. The molecule has 0 saturated heterocycles. The molecule has 1 N–H and O–H groups in total. The number of thiophene rings is 1. The van der Waals surface area contributed by atoms with Crippen LogP contribution in [-0.2, 0) is 0 Å². The van der Waals surface area contributed by atoms with Crippen molar-refractivity contribution in [2.24, 2.45) is 0 Å². The Hall–Kier alpha value is 0.430. The molecule has 1 heterocycles. The van der Waals surface area contributed by atoms with E-state index in [1.54, 1.807) is 0 Å². The van der Waals surface area contributed by atoms with E-state index in [2.05, 4.69) is 22.9 Å². The quantitative estimate of drug-likeness (QED) is 0.580. The number of hydrogen-bond donors (Lipinski definition) is 1. The Bertz CT molecular complexity index is 308. The molecule has 0 aliphatic carbocycles. The van der Waals surface area contributed by atoms with Crippen molar-refractivity contribution >= 4 is 38.9 Å². The molecule has 1 aromatic heterocycles. The zero-order valence-corrected chi connectivity index (χ0v) is 13.4. The molecule has 98 valence electrons. The van der Waals surface area contributed by atoms with Crippen LogP contribution in [-0.4, -0.2) is 5.11 Å². The van der Waals surface area contributed by atoms with E-state index in [1.807, 2.05) is 6.07 Å². The van der Waals surface area contributed by atoms with Crippen LogP contribution in [0.4, 0.5) is 0 Å². The summed E-state index contributed by atoms with van der Waals surface area (Å²) < 4.78 is 0.913. The molecular weight excluding hydrogens is 320 g/mol. The highest BCUT2D eigenvalue weighted by atomic mass is 79.9. The first kappa shape index (κ1) is 15.5. The summed E-state index contributed by atoms with van der Waals surface area (Å²) in [6, 6.07) is 1.86. The summed E-state index contributed by atoms with van der Waals surface area (Å²) in [6.07, 6.45) is 8.03. The molecule has 17 heavy (non-hydrogen) atoms. The largest absolute Gasteiger partial charge is 0.388 e. The van der Waals surface area contributed by atoms with Gasteiger partial charge in [-0.1, -0.05) is 57.0 Å². The van der Waals surface area contributed by atoms with Crippen LogP contribution in [0.25, 0.3) is 0 Å². The lowest BCUT2D eigenvalue weighted by Crippen LogP contribution is -1.94. The number of hydrogen-bond acceptors (Lipinski definition) is 2. The van der Waals surface area contributed by atoms with E-state index in [1.165, 1.54) is 43.4 Å². The molecule has 0 aromatic carbocycles. The summed E-state index contributed by atoms with van der Waals surface area (Å²) in [5.74, 6) is 0. The summed E-state index contributed by atoms with van der Waals surface area (Å²) >= 11 is 10.8. The van der Waals surface area contributed by atoms with Crippen LogP contribution >= 0.6 is 38.9 Å². The molecule has 0 aliphatic rings. The Balaban J connectivity index is 2.19. The fourth-order valence-corrected chi connectivity index (χ4v) is 3.56. The van der Waals surface area contributed by atoms with Crippen LogP contribution in [0.15, 0.2) is 9.85 Å². The summed E-state index contributed by atoms with van der Waals surface area (Å²) in [4.78, 5) is 0.968. The Labute approximate surface area is 121 Å². The topological polar surface area (TPSA) is 20.2 Å². The highest BCUT2D eigenvalue weighted by Crippen LogP contribution is 2.36. The van der Waals surface area contributed by atoms with Gasteiger partial charge in [-0.05, 0) is 28.4 Å². The normalized spacial score (nSPS) is 12.9. The second kappa shape index (κ2) is 8.52. The predicted molar refractivity (Wildman–Crippen MR) is 80.0 cm³/mol. The van der Waals surface area contributed by atoms with E-state index in [0.29, 0.717) is 5.02 Å². The van der Waals surface area contributed by atoms with Crippen molar-refractivity contribution < 1.29 is 5.11 Å². The lowest BCUT2D eigenvalue weighted by Gasteiger charge is -2.07. The predicted octanol–water partition coefficient (Wildman–Crippen LogP) is 5.95. The van der Waals surface area contributed by atoms with Crippen molar-refractivity contribution in [3.63, 3.8) is 0 Å². The smallest absolute Gasteiger partial charge is 0.0888 e. The van der Waals surface area contributed by atoms with E-state index in [0.717, 1.165) is 21.5 Å². The van der Waals surface area contributed by atoms with Crippen molar-refractivity contribution in [2.45, 2.75) is 58.0 Å². The molecule has 0 radical (unpaired) electrons. The second-order valence-corrected chi connectivity index (χ2v) is 7.15. The maximum absolute atomic E-state index is 9.99. The maximum atomic E-state index is 9.99. The van der Waals surface area contributed by atoms with Crippen LogP contribution in [0, 0.1) is 0 Å². The van der Waals surface area contributed by atoms with E-state index in [9.17, 15) is 5.11 Å². The van der Waals surface area contributed by atoms with Gasteiger partial charge < -0.3 is 5.11 Å². The monoisotopic (exact) mass is 338 g/mol. The van der Waals surface area contributed by atoms with Gasteiger partial charge in [0.25, 0.3) is 0 Å². The van der Waals surface area contributed by atoms with Crippen LogP contribution in [0.3, 0.4) is 0 Å². The molecule has 0 aliphatic heterocycles. The summed E-state index contributed by atoms with van der Waals surface area (Å²) in [7, 11) is 0. The highest BCUT2D eigenvalue weighted by Gasteiger charge is 2.12. The zero-order valence-electron chi connectivity index (χ0n) is 10.2. The minimum Gasteiger partial charge on any atom is -0.388 e. The first-order valence-corrected chi connectivity index (χ1v) is 8.26. The van der Waals surface area contributed by atoms with E-state index in [4.69, 9.17) is 11.6 Å². The fraction of sp³-hybridized carbons (Fsp3) is 0.692. The number of aliphatic hydroxyl groups is 1. The second-order valence-electron chi connectivity index (χ2n) is 4.34. The molecule has 1 nitrogen and oxygen atoms in total. The molecule has 0 bridgehead atoms. The van der Waals surface area contributed by atoms with Crippen molar-refractivity contribution in [2.75, 3.05) is 0 Å². The van der Waals surface area contributed by atoms with Gasteiger partial charge in [0, 0.05) is 4.88 Å². The third kappa shape index (κ3) is 5.73. The molecule has 1 aromatic rings. The number of rotatable bonds is 8. The molecule has 0 spiro atoms. The van der Waals surface area contributed by atoms with Gasteiger partial charge in [-0.3, -0.25) is 0 Å². The molecule has 0 fully saturated rings. The van der Waals surface area contributed by atoms with Gasteiger partial charge in [-0.15, -0.1) is 11.3 Å². The third-order valence-corrected chi connectivity index (χ3v) is 5.40. The Kier molecular flexibility index (Phi) is 7.76. The molecule has 1 rings (SSSR count). The lowest BCUT2D eigenvalue weighted by atomic mass is 10.1. The Morgan fingerprint density at radius 3 is 2.53 bits per heavy atom. The van der Waals surface area contributed by atoms with Crippen LogP contribution in [0.2, 0.25) is 5.02 Å². The third-order valence-electron chi connectivity index (χ3n) is 2.82. The van der Waals surface area contributed by atoms with Crippen LogP contribution < -0.4 is 0 Å².